The van der Waals surface area contributed by atoms with E-state index in [4.69, 9.17) is 0 Å². The van der Waals surface area contributed by atoms with Gasteiger partial charge in [-0.25, -0.2) is 13.4 Å². The Bertz CT molecular complexity index is 701. The van der Waals surface area contributed by atoms with Gasteiger partial charge in [-0.2, -0.15) is 0 Å². The van der Waals surface area contributed by atoms with Gasteiger partial charge in [0.05, 0.1) is 10.6 Å². The number of imidazole rings is 1. The highest BCUT2D eigenvalue weighted by molar-refractivity contribution is 7.90. The van der Waals surface area contributed by atoms with Crippen LogP contribution in [0.4, 0.5) is 5.95 Å². The van der Waals surface area contributed by atoms with E-state index >= 15 is 0 Å². The number of sulfone groups is 1. The number of hydrogen-bond acceptors (Lipinski definition) is 4. The van der Waals surface area contributed by atoms with Crippen LogP contribution in [0.15, 0.2) is 35.4 Å². The molecule has 20 heavy (non-hydrogen) atoms. The number of nitrogens with zero attached hydrogens (tertiary/aromatic N) is 2. The molecule has 0 saturated carbocycles. The molecule has 0 atom stereocenters. The third-order valence-corrected chi connectivity index (χ3v) is 3.92. The lowest BCUT2D eigenvalue weighted by molar-refractivity contribution is 0.602. The van der Waals surface area contributed by atoms with Gasteiger partial charge in [0.25, 0.3) is 0 Å². The maximum absolute atomic E-state index is 11.5. The van der Waals surface area contributed by atoms with Crippen LogP contribution in [0.5, 0.6) is 0 Å². The summed E-state index contributed by atoms with van der Waals surface area (Å²) in [6, 6.07) is 7.05. The third-order valence-electron chi connectivity index (χ3n) is 2.79. The van der Waals surface area contributed by atoms with Gasteiger partial charge in [-0.05, 0) is 45.0 Å². The van der Waals surface area contributed by atoms with Crippen molar-refractivity contribution < 1.29 is 8.42 Å². The lowest BCUT2D eigenvalue weighted by Gasteiger charge is -2.12. The molecule has 0 aliphatic heterocycles. The Hall–Kier alpha value is -1.82. The van der Waals surface area contributed by atoms with Crippen LogP contribution in [0.1, 0.15) is 19.5 Å². The lowest BCUT2D eigenvalue weighted by Crippen LogP contribution is -2.14. The molecule has 0 aliphatic rings. The van der Waals surface area contributed by atoms with Gasteiger partial charge in [-0.15, -0.1) is 0 Å². The summed E-state index contributed by atoms with van der Waals surface area (Å²) in [5, 5.41) is 3.27. The Morgan fingerprint density at radius 1 is 1.20 bits per heavy atom. The Morgan fingerprint density at radius 2 is 1.80 bits per heavy atom. The molecule has 0 saturated heterocycles. The lowest BCUT2D eigenvalue weighted by atomic mass is 10.3. The molecule has 2 rings (SSSR count). The Labute approximate surface area is 119 Å². The highest BCUT2D eigenvalue weighted by atomic mass is 32.2. The van der Waals surface area contributed by atoms with Gasteiger partial charge in [-0.3, -0.25) is 4.57 Å². The fraction of sp³-hybridized carbons (Fsp3) is 0.357. The van der Waals surface area contributed by atoms with E-state index in [9.17, 15) is 8.42 Å². The number of benzene rings is 1. The summed E-state index contributed by atoms with van der Waals surface area (Å²) in [7, 11) is -3.17. The van der Waals surface area contributed by atoms with Crippen molar-refractivity contribution in [1.29, 1.82) is 0 Å². The van der Waals surface area contributed by atoms with E-state index in [0.29, 0.717) is 4.90 Å². The van der Waals surface area contributed by atoms with Crippen molar-refractivity contribution in [2.75, 3.05) is 11.6 Å². The van der Waals surface area contributed by atoms with Gasteiger partial charge in [0.1, 0.15) is 0 Å². The Balaban J connectivity index is 2.41. The average Bonchev–Trinajstić information content (AvgIpc) is 2.68. The first-order valence-corrected chi connectivity index (χ1v) is 8.29. The van der Waals surface area contributed by atoms with E-state index in [1.165, 1.54) is 6.26 Å². The predicted octanol–water partition coefficient (Wildman–Crippen LogP) is 2.40. The number of aromatic nitrogens is 2. The van der Waals surface area contributed by atoms with Crippen molar-refractivity contribution in [3.8, 4) is 5.69 Å². The highest BCUT2D eigenvalue weighted by Crippen LogP contribution is 2.19. The van der Waals surface area contributed by atoms with E-state index in [1.807, 2.05) is 31.5 Å². The van der Waals surface area contributed by atoms with Crippen molar-refractivity contribution in [2.45, 2.75) is 31.7 Å². The molecule has 1 aromatic heterocycles. The van der Waals surface area contributed by atoms with Crippen molar-refractivity contribution in [2.24, 2.45) is 0 Å². The van der Waals surface area contributed by atoms with Crippen LogP contribution in [-0.2, 0) is 9.84 Å². The molecule has 0 radical (unpaired) electrons. The van der Waals surface area contributed by atoms with Crippen molar-refractivity contribution in [3.63, 3.8) is 0 Å². The minimum atomic E-state index is -3.17. The van der Waals surface area contributed by atoms with E-state index in [0.717, 1.165) is 17.3 Å². The maximum Gasteiger partial charge on any atom is 0.207 e. The van der Waals surface area contributed by atoms with E-state index in [2.05, 4.69) is 10.3 Å². The summed E-state index contributed by atoms with van der Waals surface area (Å²) in [5.74, 6) is 0.754. The van der Waals surface area contributed by atoms with Crippen LogP contribution >= 0.6 is 0 Å². The summed E-state index contributed by atoms with van der Waals surface area (Å²) in [4.78, 5) is 4.75. The molecule has 2 aromatic rings. The van der Waals surface area contributed by atoms with Gasteiger partial charge >= 0.3 is 0 Å². The molecule has 0 unspecified atom stereocenters. The first-order valence-electron chi connectivity index (χ1n) is 6.40. The fourth-order valence-electron chi connectivity index (χ4n) is 1.91. The number of nitrogens with one attached hydrogen (secondary N) is 1. The van der Waals surface area contributed by atoms with Crippen molar-refractivity contribution in [3.05, 3.63) is 36.2 Å². The molecule has 108 valence electrons. The average molecular weight is 293 g/mol. The molecule has 0 amide bonds. The summed E-state index contributed by atoms with van der Waals surface area (Å²) in [6.07, 6.45) is 3.12. The van der Waals surface area contributed by atoms with Crippen molar-refractivity contribution in [1.82, 2.24) is 9.55 Å². The van der Waals surface area contributed by atoms with Gasteiger partial charge in [0.2, 0.25) is 5.95 Å². The third kappa shape index (κ3) is 3.19. The zero-order chi connectivity index (χ0) is 14.9. The smallest absolute Gasteiger partial charge is 0.207 e. The van der Waals surface area contributed by atoms with Gasteiger partial charge in [0.15, 0.2) is 9.84 Å². The zero-order valence-electron chi connectivity index (χ0n) is 12.1. The topological polar surface area (TPSA) is 64.0 Å². The molecule has 1 heterocycles. The molecule has 0 bridgehead atoms. The molecule has 0 aliphatic carbocycles. The molecule has 0 fully saturated rings. The molecule has 1 N–H and O–H groups in total. The SMILES string of the molecule is Cc1cn(-c2ccc(S(C)(=O)=O)cc2)c(NC(C)C)n1. The van der Waals surface area contributed by atoms with Crippen LogP contribution < -0.4 is 5.32 Å². The number of aryl methyl sites for hydroxylation is 1. The van der Waals surface area contributed by atoms with Crippen LogP contribution in [-0.4, -0.2) is 30.3 Å². The van der Waals surface area contributed by atoms with Gasteiger partial charge < -0.3 is 5.32 Å². The number of hydrogen-bond donors (Lipinski definition) is 1. The maximum atomic E-state index is 11.5. The quantitative estimate of drug-likeness (QED) is 0.940. The summed E-state index contributed by atoms with van der Waals surface area (Å²) in [6.45, 7) is 6.01. The van der Waals surface area contributed by atoms with E-state index in [-0.39, 0.29) is 6.04 Å². The van der Waals surface area contributed by atoms with E-state index < -0.39 is 9.84 Å². The largest absolute Gasteiger partial charge is 0.353 e. The number of anilines is 1. The predicted molar refractivity (Wildman–Crippen MR) is 80.2 cm³/mol. The molecular formula is C14H19N3O2S. The van der Waals surface area contributed by atoms with Crippen LogP contribution in [0.25, 0.3) is 5.69 Å². The standard InChI is InChI=1S/C14H19N3O2S/c1-10(2)15-14-16-11(3)9-17(14)12-5-7-13(8-6-12)20(4,18)19/h5-10H,1-4H3,(H,15,16). The fourth-order valence-corrected chi connectivity index (χ4v) is 2.54. The monoisotopic (exact) mass is 293 g/mol. The molecule has 0 spiro atoms. The molecule has 1 aromatic carbocycles. The second kappa shape index (κ2) is 5.28. The molecular weight excluding hydrogens is 274 g/mol. The first kappa shape index (κ1) is 14.6. The Morgan fingerprint density at radius 3 is 2.30 bits per heavy atom. The zero-order valence-corrected chi connectivity index (χ0v) is 12.9. The Kier molecular flexibility index (Phi) is 3.85. The molecule has 5 nitrogen and oxygen atoms in total. The minimum absolute atomic E-state index is 0.269. The van der Waals surface area contributed by atoms with Crippen molar-refractivity contribution >= 4 is 15.8 Å². The van der Waals surface area contributed by atoms with Gasteiger partial charge in [-0.1, -0.05) is 0 Å². The van der Waals surface area contributed by atoms with Gasteiger partial charge in [0, 0.05) is 24.2 Å². The van der Waals surface area contributed by atoms with Crippen LogP contribution in [0.3, 0.4) is 0 Å². The first-order chi connectivity index (χ1) is 9.27. The second-order valence-electron chi connectivity index (χ2n) is 5.14. The van der Waals surface area contributed by atoms with Crippen LogP contribution in [0, 0.1) is 6.92 Å². The van der Waals surface area contributed by atoms with Crippen LogP contribution in [0.2, 0.25) is 0 Å². The highest BCUT2D eigenvalue weighted by Gasteiger charge is 2.10. The molecule has 6 heteroatoms. The summed E-state index contributed by atoms with van der Waals surface area (Å²) >= 11 is 0. The summed E-state index contributed by atoms with van der Waals surface area (Å²) in [5.41, 5.74) is 1.78. The summed E-state index contributed by atoms with van der Waals surface area (Å²) < 4.78 is 24.8. The normalized spacial score (nSPS) is 11.8. The van der Waals surface area contributed by atoms with E-state index in [1.54, 1.807) is 24.3 Å². The number of rotatable bonds is 4. The minimum Gasteiger partial charge on any atom is -0.353 e. The second-order valence-corrected chi connectivity index (χ2v) is 7.16.